The van der Waals surface area contributed by atoms with Crippen LogP contribution in [0.1, 0.15) is 30.7 Å². The quantitative estimate of drug-likeness (QED) is 0.941. The molecule has 21 heavy (non-hydrogen) atoms. The number of benzene rings is 1. The molecule has 1 atom stereocenters. The lowest BCUT2D eigenvalue weighted by Gasteiger charge is -2.11. The summed E-state index contributed by atoms with van der Waals surface area (Å²) in [5.74, 6) is 1.26. The first-order chi connectivity index (χ1) is 10.1. The monoisotopic (exact) mass is 309 g/mol. The highest BCUT2D eigenvalue weighted by Crippen LogP contribution is 2.38. The number of nitrogens with zero attached hydrogens (tertiary/aromatic N) is 3. The lowest BCUT2D eigenvalue weighted by atomic mass is 10.2. The predicted octanol–water partition coefficient (Wildman–Crippen LogP) is 2.19. The van der Waals surface area contributed by atoms with Crippen LogP contribution < -0.4 is 9.47 Å². The molecule has 0 spiro atoms. The van der Waals surface area contributed by atoms with E-state index in [-0.39, 0.29) is 0 Å². The molecule has 1 aromatic heterocycles. The van der Waals surface area contributed by atoms with Crippen LogP contribution in [0.2, 0.25) is 5.02 Å². The fraction of sp³-hybridized carbons (Fsp3) is 0.429. The van der Waals surface area contributed by atoms with E-state index in [2.05, 4.69) is 10.3 Å². The van der Waals surface area contributed by atoms with Gasteiger partial charge in [-0.3, -0.25) is 0 Å². The van der Waals surface area contributed by atoms with Gasteiger partial charge in [-0.1, -0.05) is 16.8 Å². The van der Waals surface area contributed by atoms with E-state index in [1.54, 1.807) is 17.8 Å². The van der Waals surface area contributed by atoms with Crippen molar-refractivity contribution in [3.8, 4) is 11.5 Å². The number of rotatable bonds is 3. The Morgan fingerprint density at radius 2 is 2.19 bits per heavy atom. The molecule has 1 unspecified atom stereocenters. The van der Waals surface area contributed by atoms with Crippen molar-refractivity contribution in [3.63, 3.8) is 0 Å². The van der Waals surface area contributed by atoms with Gasteiger partial charge in [0.15, 0.2) is 11.5 Å². The van der Waals surface area contributed by atoms with Gasteiger partial charge in [0.25, 0.3) is 0 Å². The molecule has 0 bridgehead atoms. The fourth-order valence-corrected chi connectivity index (χ4v) is 2.43. The molecule has 3 rings (SSSR count). The van der Waals surface area contributed by atoms with Gasteiger partial charge in [0, 0.05) is 6.42 Å². The molecule has 0 saturated heterocycles. The van der Waals surface area contributed by atoms with Crippen LogP contribution in [0.3, 0.4) is 0 Å². The number of ether oxygens (including phenoxy) is 2. The first-order valence-corrected chi connectivity index (χ1v) is 7.17. The van der Waals surface area contributed by atoms with E-state index in [1.165, 1.54) is 0 Å². The molecule has 7 heteroatoms. The molecule has 0 fully saturated rings. The van der Waals surface area contributed by atoms with Crippen molar-refractivity contribution in [2.45, 2.75) is 26.0 Å². The molecular formula is C14H16ClN3O3. The molecule has 1 aliphatic heterocycles. The minimum atomic E-state index is -0.633. The summed E-state index contributed by atoms with van der Waals surface area (Å²) in [6.07, 6.45) is 1.91. The van der Waals surface area contributed by atoms with Gasteiger partial charge in [0.1, 0.15) is 5.69 Å². The number of aliphatic hydroxyl groups excluding tert-OH is 1. The fourth-order valence-electron chi connectivity index (χ4n) is 2.14. The average molecular weight is 310 g/mol. The molecule has 1 N–H and O–H groups in total. The minimum Gasteiger partial charge on any atom is -0.489 e. The van der Waals surface area contributed by atoms with Crippen molar-refractivity contribution in [2.75, 3.05) is 13.2 Å². The normalized spacial score (nSPS) is 15.6. The molecule has 6 nitrogen and oxygen atoms in total. The Balaban J connectivity index is 1.85. The standard InChI is InChI=1S/C14H16ClN3O3/c1-9(19)12-8-18(17-16-12)7-10-5-11(15)14-13(6-10)20-3-2-4-21-14/h5-6,8-9,19H,2-4,7H2,1H3. The first-order valence-electron chi connectivity index (χ1n) is 6.79. The Morgan fingerprint density at radius 1 is 1.38 bits per heavy atom. The summed E-state index contributed by atoms with van der Waals surface area (Å²) in [7, 11) is 0. The van der Waals surface area contributed by atoms with Crippen LogP contribution in [0, 0.1) is 0 Å². The zero-order valence-corrected chi connectivity index (χ0v) is 12.4. The summed E-state index contributed by atoms with van der Waals surface area (Å²) < 4.78 is 12.9. The third-order valence-corrected chi connectivity index (χ3v) is 3.47. The highest BCUT2D eigenvalue weighted by molar-refractivity contribution is 6.32. The van der Waals surface area contributed by atoms with E-state index in [0.29, 0.717) is 42.0 Å². The van der Waals surface area contributed by atoms with Crippen LogP contribution in [0.5, 0.6) is 11.5 Å². The molecule has 0 amide bonds. The second-order valence-electron chi connectivity index (χ2n) is 4.97. The summed E-state index contributed by atoms with van der Waals surface area (Å²) in [6.45, 7) is 3.37. The van der Waals surface area contributed by atoms with Crippen molar-refractivity contribution in [3.05, 3.63) is 34.6 Å². The van der Waals surface area contributed by atoms with Gasteiger partial charge < -0.3 is 14.6 Å². The smallest absolute Gasteiger partial charge is 0.179 e. The summed E-state index contributed by atoms with van der Waals surface area (Å²) in [5.41, 5.74) is 1.47. The lowest BCUT2D eigenvalue weighted by Crippen LogP contribution is -2.02. The Morgan fingerprint density at radius 3 is 2.95 bits per heavy atom. The van der Waals surface area contributed by atoms with E-state index < -0.39 is 6.10 Å². The number of hydrogen-bond donors (Lipinski definition) is 1. The minimum absolute atomic E-state index is 0.496. The largest absolute Gasteiger partial charge is 0.489 e. The van der Waals surface area contributed by atoms with Crippen molar-refractivity contribution in [1.29, 1.82) is 0 Å². The van der Waals surface area contributed by atoms with E-state index in [1.807, 2.05) is 12.1 Å². The Kier molecular flexibility index (Phi) is 3.98. The van der Waals surface area contributed by atoms with Gasteiger partial charge in [0.05, 0.1) is 37.1 Å². The lowest BCUT2D eigenvalue weighted by molar-refractivity contribution is 0.194. The van der Waals surface area contributed by atoms with E-state index in [9.17, 15) is 5.11 Å². The maximum atomic E-state index is 9.46. The van der Waals surface area contributed by atoms with Crippen LogP contribution in [-0.4, -0.2) is 33.3 Å². The highest BCUT2D eigenvalue weighted by Gasteiger charge is 2.16. The van der Waals surface area contributed by atoms with Gasteiger partial charge in [-0.2, -0.15) is 0 Å². The van der Waals surface area contributed by atoms with Crippen LogP contribution in [0.4, 0.5) is 0 Å². The maximum absolute atomic E-state index is 9.46. The summed E-state index contributed by atoms with van der Waals surface area (Å²) in [6, 6.07) is 3.73. The van der Waals surface area contributed by atoms with Crippen molar-refractivity contribution in [2.24, 2.45) is 0 Å². The van der Waals surface area contributed by atoms with Crippen LogP contribution in [0.15, 0.2) is 18.3 Å². The van der Waals surface area contributed by atoms with Gasteiger partial charge in [-0.15, -0.1) is 5.10 Å². The number of hydrogen-bond acceptors (Lipinski definition) is 5. The van der Waals surface area contributed by atoms with E-state index >= 15 is 0 Å². The van der Waals surface area contributed by atoms with Gasteiger partial charge in [-0.25, -0.2) is 4.68 Å². The highest BCUT2D eigenvalue weighted by atomic mass is 35.5. The molecule has 0 saturated carbocycles. The summed E-state index contributed by atoms with van der Waals surface area (Å²) in [4.78, 5) is 0. The molecule has 0 aliphatic carbocycles. The Bertz CT molecular complexity index is 642. The number of halogens is 1. The predicted molar refractivity (Wildman–Crippen MR) is 76.8 cm³/mol. The molecule has 112 valence electrons. The molecular weight excluding hydrogens is 294 g/mol. The molecule has 2 aromatic rings. The average Bonchev–Trinajstić information content (AvgIpc) is 2.76. The number of aliphatic hydroxyl groups is 1. The van der Waals surface area contributed by atoms with Crippen molar-refractivity contribution < 1.29 is 14.6 Å². The van der Waals surface area contributed by atoms with E-state index in [0.717, 1.165) is 12.0 Å². The topological polar surface area (TPSA) is 69.4 Å². The Labute approximate surface area is 127 Å². The maximum Gasteiger partial charge on any atom is 0.179 e. The van der Waals surface area contributed by atoms with Crippen LogP contribution in [0.25, 0.3) is 0 Å². The summed E-state index contributed by atoms with van der Waals surface area (Å²) >= 11 is 6.25. The number of aromatic nitrogens is 3. The third kappa shape index (κ3) is 3.11. The van der Waals surface area contributed by atoms with E-state index in [4.69, 9.17) is 21.1 Å². The van der Waals surface area contributed by atoms with Gasteiger partial charge >= 0.3 is 0 Å². The third-order valence-electron chi connectivity index (χ3n) is 3.19. The molecule has 0 radical (unpaired) electrons. The zero-order valence-electron chi connectivity index (χ0n) is 11.6. The first kappa shape index (κ1) is 14.2. The van der Waals surface area contributed by atoms with Crippen LogP contribution >= 0.6 is 11.6 Å². The second-order valence-corrected chi connectivity index (χ2v) is 5.38. The molecule has 1 aliphatic rings. The Hall–Kier alpha value is -1.79. The van der Waals surface area contributed by atoms with Crippen molar-refractivity contribution in [1.82, 2.24) is 15.0 Å². The SMILES string of the molecule is CC(O)c1cn(Cc2cc(Cl)c3c(c2)OCCCO3)nn1. The van der Waals surface area contributed by atoms with Crippen LogP contribution in [-0.2, 0) is 6.54 Å². The van der Waals surface area contributed by atoms with Gasteiger partial charge in [0.2, 0.25) is 0 Å². The summed E-state index contributed by atoms with van der Waals surface area (Å²) in [5, 5.41) is 17.9. The molecule has 1 aromatic carbocycles. The van der Waals surface area contributed by atoms with Gasteiger partial charge in [-0.05, 0) is 24.6 Å². The number of fused-ring (bicyclic) bond motifs is 1. The zero-order chi connectivity index (χ0) is 14.8. The van der Waals surface area contributed by atoms with Crippen molar-refractivity contribution >= 4 is 11.6 Å². The second kappa shape index (κ2) is 5.91. The molecule has 2 heterocycles.